The maximum Gasteiger partial charge on any atom is 0.137 e. The standard InChI is InChI=1S/C15H18ClFN4O2/c1-14(2,7-20-23)15(22,8-21-10-18-9-19-21)6-11-3-4-12(16)5-13(11)17/h3-5,7,9-10,22-23H,6,8H2,1-2H3. The lowest BCUT2D eigenvalue weighted by molar-refractivity contribution is -0.0487. The molecule has 1 atom stereocenters. The highest BCUT2D eigenvalue weighted by atomic mass is 35.5. The maximum atomic E-state index is 14.1. The van der Waals surface area contributed by atoms with E-state index in [-0.39, 0.29) is 18.0 Å². The first-order chi connectivity index (χ1) is 10.8. The molecule has 0 spiro atoms. The molecule has 0 aliphatic rings. The van der Waals surface area contributed by atoms with Gasteiger partial charge in [-0.2, -0.15) is 5.10 Å². The Kier molecular flexibility index (Phi) is 5.01. The van der Waals surface area contributed by atoms with Gasteiger partial charge in [0, 0.05) is 16.9 Å². The lowest BCUT2D eigenvalue weighted by Crippen LogP contribution is -2.51. The average Bonchev–Trinajstić information content (AvgIpc) is 2.94. The minimum Gasteiger partial charge on any atom is -0.411 e. The smallest absolute Gasteiger partial charge is 0.137 e. The molecule has 1 heterocycles. The van der Waals surface area contributed by atoms with Crippen LogP contribution in [-0.2, 0) is 13.0 Å². The highest BCUT2D eigenvalue weighted by Gasteiger charge is 2.44. The van der Waals surface area contributed by atoms with E-state index < -0.39 is 16.8 Å². The van der Waals surface area contributed by atoms with Gasteiger partial charge in [-0.3, -0.25) is 4.68 Å². The largest absolute Gasteiger partial charge is 0.411 e. The zero-order valence-corrected chi connectivity index (χ0v) is 13.6. The van der Waals surface area contributed by atoms with Crippen molar-refractivity contribution in [3.8, 4) is 0 Å². The molecule has 0 saturated heterocycles. The fourth-order valence-corrected chi connectivity index (χ4v) is 2.47. The molecular formula is C15H18ClFN4O2. The van der Waals surface area contributed by atoms with Crippen molar-refractivity contribution in [3.63, 3.8) is 0 Å². The van der Waals surface area contributed by atoms with Crippen molar-refractivity contribution in [1.29, 1.82) is 0 Å². The predicted molar refractivity (Wildman–Crippen MR) is 84.1 cm³/mol. The number of nitrogens with zero attached hydrogens (tertiary/aromatic N) is 4. The summed E-state index contributed by atoms with van der Waals surface area (Å²) in [6.45, 7) is 3.43. The number of benzene rings is 1. The van der Waals surface area contributed by atoms with Crippen molar-refractivity contribution < 1.29 is 14.7 Å². The molecule has 8 heteroatoms. The zero-order valence-electron chi connectivity index (χ0n) is 12.8. The van der Waals surface area contributed by atoms with Crippen molar-refractivity contribution in [1.82, 2.24) is 14.8 Å². The van der Waals surface area contributed by atoms with Gasteiger partial charge in [0.05, 0.1) is 18.4 Å². The Balaban J connectivity index is 2.40. The van der Waals surface area contributed by atoms with Crippen LogP contribution in [0, 0.1) is 11.2 Å². The van der Waals surface area contributed by atoms with Crippen LogP contribution in [-0.4, -0.2) is 36.9 Å². The second-order valence-corrected chi connectivity index (χ2v) is 6.44. The van der Waals surface area contributed by atoms with Gasteiger partial charge in [0.1, 0.15) is 18.5 Å². The second kappa shape index (κ2) is 6.64. The van der Waals surface area contributed by atoms with Crippen LogP contribution < -0.4 is 0 Å². The number of aromatic nitrogens is 3. The normalized spacial score (nSPS) is 15.0. The lowest BCUT2D eigenvalue weighted by Gasteiger charge is -2.40. The minimum atomic E-state index is -1.47. The number of halogens is 2. The lowest BCUT2D eigenvalue weighted by atomic mass is 9.72. The van der Waals surface area contributed by atoms with E-state index in [9.17, 15) is 9.50 Å². The van der Waals surface area contributed by atoms with Gasteiger partial charge in [0.2, 0.25) is 0 Å². The molecule has 6 nitrogen and oxygen atoms in total. The van der Waals surface area contributed by atoms with Crippen molar-refractivity contribution >= 4 is 17.8 Å². The van der Waals surface area contributed by atoms with Gasteiger partial charge in [-0.05, 0) is 17.7 Å². The predicted octanol–water partition coefficient (Wildman–Crippen LogP) is 2.53. The van der Waals surface area contributed by atoms with E-state index in [1.165, 1.54) is 35.7 Å². The van der Waals surface area contributed by atoms with Crippen LogP contribution in [0.15, 0.2) is 36.0 Å². The Bertz CT molecular complexity index is 691. The highest BCUT2D eigenvalue weighted by Crippen LogP contribution is 2.35. The van der Waals surface area contributed by atoms with E-state index in [2.05, 4.69) is 15.2 Å². The van der Waals surface area contributed by atoms with Gasteiger partial charge >= 0.3 is 0 Å². The van der Waals surface area contributed by atoms with E-state index in [0.29, 0.717) is 5.56 Å². The Hall–Kier alpha value is -1.99. The van der Waals surface area contributed by atoms with E-state index in [4.69, 9.17) is 16.8 Å². The third-order valence-corrected chi connectivity index (χ3v) is 4.20. The third kappa shape index (κ3) is 3.86. The number of hydrogen-bond donors (Lipinski definition) is 2. The van der Waals surface area contributed by atoms with Crippen LogP contribution in [0.4, 0.5) is 4.39 Å². The number of oxime groups is 1. The molecule has 124 valence electrons. The van der Waals surface area contributed by atoms with Crippen molar-refractivity contribution in [2.24, 2.45) is 10.6 Å². The Morgan fingerprint density at radius 1 is 1.43 bits per heavy atom. The fourth-order valence-electron chi connectivity index (χ4n) is 2.31. The first kappa shape index (κ1) is 17.4. The molecule has 2 rings (SSSR count). The Morgan fingerprint density at radius 3 is 2.74 bits per heavy atom. The molecule has 0 bridgehead atoms. The number of rotatable bonds is 6. The molecule has 0 saturated carbocycles. The van der Waals surface area contributed by atoms with Crippen LogP contribution in [0.25, 0.3) is 0 Å². The van der Waals surface area contributed by atoms with E-state index in [0.717, 1.165) is 0 Å². The summed E-state index contributed by atoms with van der Waals surface area (Å²) >= 11 is 5.76. The third-order valence-electron chi connectivity index (χ3n) is 3.97. The molecule has 2 N–H and O–H groups in total. The summed E-state index contributed by atoms with van der Waals surface area (Å²) in [5, 5.41) is 27.4. The molecule has 0 fully saturated rings. The van der Waals surface area contributed by atoms with Gasteiger partial charge in [0.15, 0.2) is 0 Å². The van der Waals surface area contributed by atoms with Gasteiger partial charge in [-0.25, -0.2) is 9.37 Å². The average molecular weight is 341 g/mol. The first-order valence-corrected chi connectivity index (χ1v) is 7.32. The molecule has 1 unspecified atom stereocenters. The van der Waals surface area contributed by atoms with Crippen LogP contribution in [0.1, 0.15) is 19.4 Å². The fraction of sp³-hybridized carbons (Fsp3) is 0.400. The summed E-state index contributed by atoms with van der Waals surface area (Å²) in [6.07, 6.45) is 4.00. The van der Waals surface area contributed by atoms with E-state index in [1.54, 1.807) is 19.9 Å². The Morgan fingerprint density at radius 2 is 2.17 bits per heavy atom. The van der Waals surface area contributed by atoms with Crippen molar-refractivity contribution in [2.45, 2.75) is 32.4 Å². The highest BCUT2D eigenvalue weighted by molar-refractivity contribution is 6.30. The van der Waals surface area contributed by atoms with E-state index >= 15 is 0 Å². The van der Waals surface area contributed by atoms with Crippen LogP contribution in [0.3, 0.4) is 0 Å². The molecule has 0 aliphatic heterocycles. The zero-order chi connectivity index (χ0) is 17.1. The number of aliphatic hydroxyl groups is 1. The molecule has 0 aliphatic carbocycles. The summed E-state index contributed by atoms with van der Waals surface area (Å²) in [5.41, 5.74) is -2.13. The first-order valence-electron chi connectivity index (χ1n) is 6.95. The second-order valence-electron chi connectivity index (χ2n) is 6.00. The number of hydrogen-bond acceptors (Lipinski definition) is 5. The van der Waals surface area contributed by atoms with Crippen molar-refractivity contribution in [3.05, 3.63) is 47.3 Å². The molecule has 1 aromatic carbocycles. The minimum absolute atomic E-state index is 0.0190. The maximum absolute atomic E-state index is 14.1. The summed E-state index contributed by atoms with van der Waals surface area (Å²) in [5.74, 6) is -0.508. The van der Waals surface area contributed by atoms with Crippen LogP contribution in [0.2, 0.25) is 5.02 Å². The summed E-state index contributed by atoms with van der Waals surface area (Å²) < 4.78 is 15.6. The van der Waals surface area contributed by atoms with Gasteiger partial charge < -0.3 is 10.3 Å². The monoisotopic (exact) mass is 340 g/mol. The van der Waals surface area contributed by atoms with Gasteiger partial charge in [-0.15, -0.1) is 5.16 Å². The van der Waals surface area contributed by atoms with Gasteiger partial charge in [-0.1, -0.05) is 31.5 Å². The van der Waals surface area contributed by atoms with Crippen molar-refractivity contribution in [2.75, 3.05) is 0 Å². The topological polar surface area (TPSA) is 83.5 Å². The van der Waals surface area contributed by atoms with Gasteiger partial charge in [0.25, 0.3) is 0 Å². The quantitative estimate of drug-likeness (QED) is 0.481. The summed E-state index contributed by atoms with van der Waals surface area (Å²) in [7, 11) is 0. The SMILES string of the molecule is CC(C)(C=NO)C(O)(Cc1ccc(Cl)cc1F)Cn1cncn1. The Labute approximate surface area is 138 Å². The molecule has 1 aromatic heterocycles. The van der Waals surface area contributed by atoms with E-state index in [1.807, 2.05) is 0 Å². The van der Waals surface area contributed by atoms with Crippen LogP contribution in [0.5, 0.6) is 0 Å². The molecule has 23 heavy (non-hydrogen) atoms. The summed E-state index contributed by atoms with van der Waals surface area (Å²) in [6, 6.07) is 4.28. The molecule has 0 amide bonds. The molecule has 0 radical (unpaired) electrons. The molecule has 2 aromatic rings. The van der Waals surface area contributed by atoms with Crippen LogP contribution >= 0.6 is 11.6 Å². The summed E-state index contributed by atoms with van der Waals surface area (Å²) in [4.78, 5) is 3.84. The molecular weight excluding hydrogens is 323 g/mol.